The maximum atomic E-state index is 14.2. The Bertz CT molecular complexity index is 897. The van der Waals surface area contributed by atoms with Crippen LogP contribution in [0.5, 0.6) is 0 Å². The van der Waals surface area contributed by atoms with Crippen LogP contribution >= 0.6 is 11.8 Å². The predicted molar refractivity (Wildman–Crippen MR) is 139 cm³/mol. The van der Waals surface area contributed by atoms with Crippen molar-refractivity contribution in [1.29, 1.82) is 0 Å². The Hall–Kier alpha value is -1.80. The number of rotatable bonds is 8. The highest BCUT2D eigenvalue weighted by Gasteiger charge is 2.71. The Morgan fingerprint density at radius 3 is 2.43 bits per heavy atom. The third-order valence-corrected chi connectivity index (χ3v) is 9.60. The van der Waals surface area contributed by atoms with Gasteiger partial charge in [0.05, 0.1) is 16.6 Å². The number of amides is 3. The summed E-state index contributed by atoms with van der Waals surface area (Å²) in [6, 6.07) is -0.603. The van der Waals surface area contributed by atoms with Crippen LogP contribution < -0.4 is 0 Å². The lowest BCUT2D eigenvalue weighted by molar-refractivity contribution is -0.146. The van der Waals surface area contributed by atoms with Crippen molar-refractivity contribution in [3.63, 3.8) is 0 Å². The molecule has 1 N–H and O–H groups in total. The lowest BCUT2D eigenvalue weighted by atomic mass is 9.78. The van der Waals surface area contributed by atoms with Crippen LogP contribution in [0.2, 0.25) is 0 Å². The van der Waals surface area contributed by atoms with Gasteiger partial charge in [0.1, 0.15) is 6.04 Å². The van der Waals surface area contributed by atoms with Crippen LogP contribution in [0.1, 0.15) is 59.8 Å². The smallest absolute Gasteiger partial charge is 0.247 e. The third-order valence-electron chi connectivity index (χ3n) is 7.85. The van der Waals surface area contributed by atoms with Crippen molar-refractivity contribution in [2.24, 2.45) is 11.8 Å². The molecule has 0 aromatic carbocycles. The van der Waals surface area contributed by atoms with Gasteiger partial charge in [-0.3, -0.25) is 14.4 Å². The SMILES string of the molecule is CCCN1CC=C[C@@H]2S[C@]34C=CCN(C(C)(C)C)C(=O)C3N(CCCCCCO)C(=O)[C@@H]4[C@@H]2C1=O. The molecular weight excluding hydrogens is 462 g/mol. The van der Waals surface area contributed by atoms with Crippen LogP contribution in [0, 0.1) is 11.8 Å². The highest BCUT2D eigenvalue weighted by atomic mass is 32.2. The minimum atomic E-state index is -0.732. The molecule has 1 spiro atoms. The summed E-state index contributed by atoms with van der Waals surface area (Å²) in [7, 11) is 0. The van der Waals surface area contributed by atoms with E-state index >= 15 is 0 Å². The first-order chi connectivity index (χ1) is 16.7. The second-order valence-electron chi connectivity index (χ2n) is 11.2. The predicted octanol–water partition coefficient (Wildman–Crippen LogP) is 2.84. The third kappa shape index (κ3) is 4.57. The molecule has 0 saturated carbocycles. The molecule has 194 valence electrons. The van der Waals surface area contributed by atoms with Crippen molar-refractivity contribution in [2.45, 2.75) is 81.4 Å². The average molecular weight is 504 g/mol. The first-order valence-corrected chi connectivity index (χ1v) is 14.1. The topological polar surface area (TPSA) is 81.2 Å². The van der Waals surface area contributed by atoms with Crippen LogP contribution in [-0.2, 0) is 14.4 Å². The van der Waals surface area contributed by atoms with Crippen LogP contribution in [0.4, 0.5) is 0 Å². The second-order valence-corrected chi connectivity index (χ2v) is 12.7. The van der Waals surface area contributed by atoms with Gasteiger partial charge in [-0.25, -0.2) is 0 Å². The summed E-state index contributed by atoms with van der Waals surface area (Å²) in [5.74, 6) is -0.996. The number of thioether (sulfide) groups is 1. The molecule has 7 nitrogen and oxygen atoms in total. The van der Waals surface area contributed by atoms with E-state index < -0.39 is 22.6 Å². The van der Waals surface area contributed by atoms with E-state index in [-0.39, 0.29) is 35.1 Å². The van der Waals surface area contributed by atoms with Crippen molar-refractivity contribution >= 4 is 29.5 Å². The lowest BCUT2D eigenvalue weighted by Gasteiger charge is -2.40. The fourth-order valence-electron chi connectivity index (χ4n) is 6.25. The van der Waals surface area contributed by atoms with Crippen molar-refractivity contribution in [2.75, 3.05) is 32.8 Å². The molecule has 5 atom stereocenters. The molecule has 0 bridgehead atoms. The largest absolute Gasteiger partial charge is 0.396 e. The molecule has 4 aliphatic rings. The van der Waals surface area contributed by atoms with Crippen LogP contribution in [-0.4, -0.2) is 91.9 Å². The zero-order valence-electron chi connectivity index (χ0n) is 21.6. The van der Waals surface area contributed by atoms with Gasteiger partial charge in [0.2, 0.25) is 17.7 Å². The van der Waals surface area contributed by atoms with Gasteiger partial charge in [-0.15, -0.1) is 11.8 Å². The standard InChI is InChI=1S/C27H41N3O4S/c1-5-14-28-15-10-12-19-20(23(28)32)21-24(33)29(16-8-6-7-9-18-31)22-25(34)30(26(2,3)4)17-11-13-27(21,22)35-19/h10-13,19-22,31H,5-9,14-18H2,1-4H3/t19-,20+,21-,22?,27-/m0/s1. The van der Waals surface area contributed by atoms with Crippen molar-refractivity contribution in [1.82, 2.24) is 14.7 Å². The van der Waals surface area contributed by atoms with E-state index in [1.165, 1.54) is 0 Å². The first kappa shape index (κ1) is 26.3. The van der Waals surface area contributed by atoms with Gasteiger partial charge in [0.25, 0.3) is 0 Å². The molecular formula is C27H41N3O4S. The van der Waals surface area contributed by atoms with E-state index in [0.717, 1.165) is 32.1 Å². The van der Waals surface area contributed by atoms with Crippen molar-refractivity contribution in [3.05, 3.63) is 24.3 Å². The van der Waals surface area contributed by atoms with E-state index in [9.17, 15) is 14.4 Å². The first-order valence-electron chi connectivity index (χ1n) is 13.2. The lowest BCUT2D eigenvalue weighted by Crippen LogP contribution is -2.57. The molecule has 0 radical (unpaired) electrons. The zero-order valence-corrected chi connectivity index (χ0v) is 22.4. The highest BCUT2D eigenvalue weighted by molar-refractivity contribution is 8.02. The molecule has 2 saturated heterocycles. The minimum Gasteiger partial charge on any atom is -0.396 e. The normalized spacial score (nSPS) is 32.6. The van der Waals surface area contributed by atoms with E-state index in [2.05, 4.69) is 25.2 Å². The molecule has 3 amide bonds. The van der Waals surface area contributed by atoms with Gasteiger partial charge in [0.15, 0.2) is 0 Å². The van der Waals surface area contributed by atoms with Crippen LogP contribution in [0.3, 0.4) is 0 Å². The Kier molecular flexibility index (Phi) is 7.72. The van der Waals surface area contributed by atoms with E-state index in [1.807, 2.05) is 36.6 Å². The molecule has 4 rings (SSSR count). The number of likely N-dealkylation sites (tertiary alicyclic amines) is 1. The summed E-state index contributed by atoms with van der Waals surface area (Å²) >= 11 is 1.65. The molecule has 2 fully saturated rings. The van der Waals surface area contributed by atoms with E-state index in [1.54, 1.807) is 16.7 Å². The quantitative estimate of drug-likeness (QED) is 0.407. The Morgan fingerprint density at radius 1 is 1.00 bits per heavy atom. The summed E-state index contributed by atoms with van der Waals surface area (Å²) in [5, 5.41) is 9.00. The number of hydrogen-bond acceptors (Lipinski definition) is 5. The summed E-state index contributed by atoms with van der Waals surface area (Å²) < 4.78 is -0.732. The van der Waals surface area contributed by atoms with Crippen LogP contribution in [0.15, 0.2) is 24.3 Å². The number of fused-ring (bicyclic) bond motifs is 2. The number of carbonyl (C=O) groups is 3. The summed E-state index contributed by atoms with van der Waals surface area (Å²) in [6.45, 7) is 10.6. The average Bonchev–Trinajstić information content (AvgIpc) is 3.10. The number of nitrogens with zero attached hydrogens (tertiary/aromatic N) is 3. The van der Waals surface area contributed by atoms with Crippen molar-refractivity contribution < 1.29 is 19.5 Å². The number of aliphatic hydroxyl groups is 1. The Balaban J connectivity index is 1.73. The van der Waals surface area contributed by atoms with Crippen molar-refractivity contribution in [3.8, 4) is 0 Å². The number of aliphatic hydroxyl groups excluding tert-OH is 1. The molecule has 35 heavy (non-hydrogen) atoms. The number of unbranched alkanes of at least 4 members (excludes halogenated alkanes) is 3. The van der Waals surface area contributed by atoms with E-state index in [0.29, 0.717) is 26.2 Å². The second kappa shape index (κ2) is 10.3. The molecule has 4 aliphatic heterocycles. The molecule has 4 heterocycles. The van der Waals surface area contributed by atoms with Gasteiger partial charge in [-0.1, -0.05) is 44.1 Å². The Labute approximate surface area is 214 Å². The van der Waals surface area contributed by atoms with E-state index in [4.69, 9.17) is 5.11 Å². The fourth-order valence-corrected chi connectivity index (χ4v) is 8.26. The molecule has 0 aromatic heterocycles. The maximum Gasteiger partial charge on any atom is 0.247 e. The van der Waals surface area contributed by atoms with Crippen LogP contribution in [0.25, 0.3) is 0 Å². The number of carbonyl (C=O) groups excluding carboxylic acids is 3. The Morgan fingerprint density at radius 2 is 1.74 bits per heavy atom. The summed E-state index contributed by atoms with van der Waals surface area (Å²) in [6.07, 6.45) is 12.5. The molecule has 1 unspecified atom stereocenters. The van der Waals surface area contributed by atoms with Gasteiger partial charge in [-0.05, 0) is 40.0 Å². The summed E-state index contributed by atoms with van der Waals surface area (Å²) in [5.41, 5.74) is -0.373. The summed E-state index contributed by atoms with van der Waals surface area (Å²) in [4.78, 5) is 47.6. The maximum absolute atomic E-state index is 14.2. The van der Waals surface area contributed by atoms with Gasteiger partial charge < -0.3 is 19.8 Å². The van der Waals surface area contributed by atoms with Gasteiger partial charge in [0, 0.05) is 43.6 Å². The fraction of sp³-hybridized carbons (Fsp3) is 0.741. The monoisotopic (exact) mass is 503 g/mol. The van der Waals surface area contributed by atoms with Gasteiger partial charge in [-0.2, -0.15) is 0 Å². The molecule has 0 aliphatic carbocycles. The van der Waals surface area contributed by atoms with Gasteiger partial charge >= 0.3 is 0 Å². The molecule has 0 aromatic rings. The minimum absolute atomic E-state index is 0.0143. The zero-order chi connectivity index (χ0) is 25.4. The highest BCUT2D eigenvalue weighted by Crippen LogP contribution is 2.61. The molecule has 8 heteroatoms. The number of hydrogen-bond donors (Lipinski definition) is 1.